The average Bonchev–Trinajstić information content (AvgIpc) is 3.12. The maximum absolute atomic E-state index is 12.4. The average molecular weight is 381 g/mol. The van der Waals surface area contributed by atoms with Gasteiger partial charge in [-0.15, -0.1) is 11.3 Å². The normalized spacial score (nSPS) is 10.3. The van der Waals surface area contributed by atoms with Gasteiger partial charge in [0, 0.05) is 16.6 Å². The molecule has 0 radical (unpaired) electrons. The second-order valence-electron chi connectivity index (χ2n) is 5.99. The highest BCUT2D eigenvalue weighted by Crippen LogP contribution is 2.20. The molecule has 0 fully saturated rings. The number of thiazole rings is 1. The Hall–Kier alpha value is -3.19. The number of nitrogens with zero attached hydrogens (tertiary/aromatic N) is 1. The zero-order valence-corrected chi connectivity index (χ0v) is 16.0. The first-order chi connectivity index (χ1) is 13.0. The Kier molecular flexibility index (Phi) is 5.52. The summed E-state index contributed by atoms with van der Waals surface area (Å²) < 4.78 is 5.07. The maximum atomic E-state index is 12.4. The number of aryl methyl sites for hydroxylation is 2. The molecular formula is C20H19N3O3S. The van der Waals surface area contributed by atoms with Crippen LogP contribution in [0, 0.1) is 13.8 Å². The van der Waals surface area contributed by atoms with Crippen LogP contribution in [0.15, 0.2) is 47.8 Å². The summed E-state index contributed by atoms with van der Waals surface area (Å²) in [6.45, 7) is 3.93. The van der Waals surface area contributed by atoms with E-state index in [9.17, 15) is 9.59 Å². The number of hydrogen-bond donors (Lipinski definition) is 2. The SMILES string of the molecule is COc1ccc(C(=O)Nc2nc(C(=O)Nc3ccc(C)cc3C)cs2)cc1. The number of carbonyl (C=O) groups is 2. The lowest BCUT2D eigenvalue weighted by Gasteiger charge is -2.07. The Morgan fingerprint density at radius 1 is 1.00 bits per heavy atom. The van der Waals surface area contributed by atoms with E-state index in [0.717, 1.165) is 16.8 Å². The fraction of sp³-hybridized carbons (Fsp3) is 0.150. The standard InChI is InChI=1S/C20H19N3O3S/c1-12-4-9-16(13(2)10-12)21-19(25)17-11-27-20(22-17)23-18(24)14-5-7-15(26-3)8-6-14/h4-11H,1-3H3,(H,21,25)(H,22,23,24). The van der Waals surface area contributed by atoms with Gasteiger partial charge < -0.3 is 10.1 Å². The highest BCUT2D eigenvalue weighted by Gasteiger charge is 2.14. The molecule has 2 N–H and O–H groups in total. The van der Waals surface area contributed by atoms with Gasteiger partial charge in [-0.05, 0) is 49.7 Å². The van der Waals surface area contributed by atoms with E-state index in [2.05, 4.69) is 15.6 Å². The molecule has 138 valence electrons. The molecule has 6 nitrogen and oxygen atoms in total. The lowest BCUT2D eigenvalue weighted by Crippen LogP contribution is -2.14. The summed E-state index contributed by atoms with van der Waals surface area (Å²) in [6, 6.07) is 12.5. The summed E-state index contributed by atoms with van der Waals surface area (Å²) >= 11 is 1.20. The molecule has 27 heavy (non-hydrogen) atoms. The van der Waals surface area contributed by atoms with E-state index >= 15 is 0 Å². The zero-order chi connectivity index (χ0) is 19.4. The minimum Gasteiger partial charge on any atom is -0.497 e. The zero-order valence-electron chi connectivity index (χ0n) is 15.2. The van der Waals surface area contributed by atoms with Crippen molar-refractivity contribution >= 4 is 34.0 Å². The molecule has 0 aliphatic carbocycles. The van der Waals surface area contributed by atoms with Crippen molar-refractivity contribution in [2.45, 2.75) is 13.8 Å². The van der Waals surface area contributed by atoms with Crippen LogP contribution in [0.3, 0.4) is 0 Å². The molecule has 0 aliphatic heterocycles. The first kappa shape index (κ1) is 18.6. The van der Waals surface area contributed by atoms with Crippen molar-refractivity contribution < 1.29 is 14.3 Å². The van der Waals surface area contributed by atoms with Crippen molar-refractivity contribution in [3.05, 3.63) is 70.2 Å². The molecular weight excluding hydrogens is 362 g/mol. The highest BCUT2D eigenvalue weighted by atomic mass is 32.1. The predicted molar refractivity (Wildman–Crippen MR) is 107 cm³/mol. The minimum absolute atomic E-state index is 0.255. The van der Waals surface area contributed by atoms with Crippen LogP contribution in [0.25, 0.3) is 0 Å². The number of anilines is 2. The molecule has 0 aliphatic rings. The van der Waals surface area contributed by atoms with Crippen LogP contribution in [0.5, 0.6) is 5.75 Å². The van der Waals surface area contributed by atoms with E-state index in [1.54, 1.807) is 36.8 Å². The molecule has 2 aromatic carbocycles. The molecule has 0 bridgehead atoms. The second kappa shape index (κ2) is 8.01. The van der Waals surface area contributed by atoms with Crippen molar-refractivity contribution in [1.82, 2.24) is 4.98 Å². The van der Waals surface area contributed by atoms with Gasteiger partial charge in [0.25, 0.3) is 11.8 Å². The summed E-state index contributed by atoms with van der Waals surface area (Å²) in [5, 5.41) is 7.52. The number of aromatic nitrogens is 1. The van der Waals surface area contributed by atoms with E-state index in [-0.39, 0.29) is 17.5 Å². The van der Waals surface area contributed by atoms with Gasteiger partial charge in [-0.3, -0.25) is 14.9 Å². The Labute approximate surface area is 161 Å². The fourth-order valence-corrected chi connectivity index (χ4v) is 3.17. The lowest BCUT2D eigenvalue weighted by atomic mass is 10.1. The van der Waals surface area contributed by atoms with Crippen molar-refractivity contribution in [3.63, 3.8) is 0 Å². The van der Waals surface area contributed by atoms with Crippen LogP contribution in [0.1, 0.15) is 32.0 Å². The topological polar surface area (TPSA) is 80.3 Å². The Morgan fingerprint density at radius 3 is 2.41 bits per heavy atom. The number of carbonyl (C=O) groups excluding carboxylic acids is 2. The Bertz CT molecular complexity index is 980. The number of ether oxygens (including phenoxy) is 1. The summed E-state index contributed by atoms with van der Waals surface area (Å²) in [7, 11) is 1.56. The van der Waals surface area contributed by atoms with E-state index in [0.29, 0.717) is 16.4 Å². The molecule has 1 aromatic heterocycles. The number of benzene rings is 2. The maximum Gasteiger partial charge on any atom is 0.275 e. The van der Waals surface area contributed by atoms with Crippen LogP contribution in [-0.4, -0.2) is 23.9 Å². The van der Waals surface area contributed by atoms with Gasteiger partial charge in [0.2, 0.25) is 0 Å². The van der Waals surface area contributed by atoms with Gasteiger partial charge in [-0.2, -0.15) is 0 Å². The monoisotopic (exact) mass is 381 g/mol. The first-order valence-electron chi connectivity index (χ1n) is 8.26. The number of nitrogens with one attached hydrogen (secondary N) is 2. The third-order valence-corrected chi connectivity index (χ3v) is 4.70. The fourth-order valence-electron chi connectivity index (χ4n) is 2.49. The quantitative estimate of drug-likeness (QED) is 0.691. The van der Waals surface area contributed by atoms with Gasteiger partial charge in [0.05, 0.1) is 7.11 Å². The molecule has 0 saturated heterocycles. The number of methoxy groups -OCH3 is 1. The van der Waals surface area contributed by atoms with Crippen LogP contribution in [0.4, 0.5) is 10.8 Å². The summed E-state index contributed by atoms with van der Waals surface area (Å²) in [4.78, 5) is 28.9. The molecule has 0 saturated carbocycles. The van der Waals surface area contributed by atoms with E-state index in [1.807, 2.05) is 32.0 Å². The van der Waals surface area contributed by atoms with Crippen LogP contribution in [-0.2, 0) is 0 Å². The van der Waals surface area contributed by atoms with Gasteiger partial charge in [0.1, 0.15) is 11.4 Å². The summed E-state index contributed by atoms with van der Waals surface area (Å²) in [5.74, 6) is 0.0580. The van der Waals surface area contributed by atoms with Crippen molar-refractivity contribution in [3.8, 4) is 5.75 Å². The Balaban J connectivity index is 1.66. The molecule has 2 amide bonds. The summed E-state index contributed by atoms with van der Waals surface area (Å²) in [6.07, 6.45) is 0. The van der Waals surface area contributed by atoms with Gasteiger partial charge >= 0.3 is 0 Å². The number of amides is 2. The molecule has 1 heterocycles. The Morgan fingerprint density at radius 2 is 1.74 bits per heavy atom. The first-order valence-corrected chi connectivity index (χ1v) is 9.14. The smallest absolute Gasteiger partial charge is 0.275 e. The second-order valence-corrected chi connectivity index (χ2v) is 6.85. The number of hydrogen-bond acceptors (Lipinski definition) is 5. The van der Waals surface area contributed by atoms with Crippen LogP contribution >= 0.6 is 11.3 Å². The number of rotatable bonds is 5. The van der Waals surface area contributed by atoms with Gasteiger partial charge in [0.15, 0.2) is 5.13 Å². The largest absolute Gasteiger partial charge is 0.497 e. The van der Waals surface area contributed by atoms with E-state index in [1.165, 1.54) is 11.3 Å². The lowest BCUT2D eigenvalue weighted by molar-refractivity contribution is 0.101. The summed E-state index contributed by atoms with van der Waals surface area (Å²) in [5.41, 5.74) is 3.58. The molecule has 7 heteroatoms. The molecule has 3 rings (SSSR count). The predicted octanol–water partition coefficient (Wildman–Crippen LogP) is 4.27. The third kappa shape index (κ3) is 4.51. The third-order valence-electron chi connectivity index (χ3n) is 3.94. The van der Waals surface area contributed by atoms with E-state index in [4.69, 9.17) is 4.74 Å². The molecule has 0 atom stereocenters. The van der Waals surface area contributed by atoms with Crippen molar-refractivity contribution in [2.24, 2.45) is 0 Å². The highest BCUT2D eigenvalue weighted by molar-refractivity contribution is 7.14. The van der Waals surface area contributed by atoms with E-state index < -0.39 is 0 Å². The van der Waals surface area contributed by atoms with Gasteiger partial charge in [-0.25, -0.2) is 4.98 Å². The van der Waals surface area contributed by atoms with Crippen molar-refractivity contribution in [2.75, 3.05) is 17.7 Å². The van der Waals surface area contributed by atoms with Crippen LogP contribution < -0.4 is 15.4 Å². The van der Waals surface area contributed by atoms with Gasteiger partial charge in [-0.1, -0.05) is 17.7 Å². The van der Waals surface area contributed by atoms with Crippen LogP contribution in [0.2, 0.25) is 0 Å². The minimum atomic E-state index is -0.317. The molecule has 0 spiro atoms. The molecule has 0 unspecified atom stereocenters. The molecule has 3 aromatic rings. The van der Waals surface area contributed by atoms with Crippen molar-refractivity contribution in [1.29, 1.82) is 0 Å².